The van der Waals surface area contributed by atoms with Crippen molar-refractivity contribution in [2.45, 2.75) is 39.3 Å². The van der Waals surface area contributed by atoms with Crippen molar-refractivity contribution in [2.24, 2.45) is 0 Å². The predicted octanol–water partition coefficient (Wildman–Crippen LogP) is 3.46. The van der Waals surface area contributed by atoms with Gasteiger partial charge in [-0.15, -0.1) is 0 Å². The molecule has 0 radical (unpaired) electrons. The van der Waals surface area contributed by atoms with Crippen molar-refractivity contribution in [3.8, 4) is 0 Å². The third-order valence-corrected chi connectivity index (χ3v) is 4.26. The van der Waals surface area contributed by atoms with E-state index in [2.05, 4.69) is 22.9 Å². The molecule has 106 valence electrons. The summed E-state index contributed by atoms with van der Waals surface area (Å²) in [4.78, 5) is 6.91. The zero-order valence-corrected chi connectivity index (χ0v) is 12.8. The van der Waals surface area contributed by atoms with E-state index in [1.165, 1.54) is 0 Å². The molecule has 1 aromatic heterocycles. The molecule has 2 unspecified atom stereocenters. The summed E-state index contributed by atoms with van der Waals surface area (Å²) in [6.07, 6.45) is 0.552. The number of β-amino-alcohol motifs (C(OH)–C–C–N with tert-alkyl or cyclic N) is 1. The second-order valence-corrected chi connectivity index (χ2v) is 6.23. The molecule has 1 saturated heterocycles. The van der Waals surface area contributed by atoms with Gasteiger partial charge < -0.3 is 10.0 Å². The fraction of sp³-hybridized carbons (Fsp3) is 0.438. The summed E-state index contributed by atoms with van der Waals surface area (Å²) in [7, 11) is 0. The molecule has 1 aromatic carbocycles. The average molecular weight is 291 g/mol. The van der Waals surface area contributed by atoms with Crippen LogP contribution in [0.1, 0.15) is 24.6 Å². The molecule has 0 amide bonds. The number of aryl methyl sites for hydroxylation is 2. The molecule has 1 aliphatic rings. The van der Waals surface area contributed by atoms with Crippen LogP contribution in [0.5, 0.6) is 0 Å². The molecule has 0 bridgehead atoms. The highest BCUT2D eigenvalue weighted by Gasteiger charge is 2.29. The zero-order chi connectivity index (χ0) is 14.4. The maximum Gasteiger partial charge on any atom is 0.0756 e. The summed E-state index contributed by atoms with van der Waals surface area (Å²) in [5.74, 6) is 0. The molecule has 1 aliphatic heterocycles. The first-order valence-electron chi connectivity index (χ1n) is 6.98. The van der Waals surface area contributed by atoms with Gasteiger partial charge in [-0.3, -0.25) is 4.98 Å². The fourth-order valence-electron chi connectivity index (χ4n) is 3.14. The standard InChI is InChI=1S/C16H19ClN2O/c1-9-4-12(17)7-14-15(5-10(2)18-16(9)14)19-8-13(20)6-11(19)3/h4-5,7,11,13,20H,6,8H2,1-3H3. The Hall–Kier alpha value is -1.32. The van der Waals surface area contributed by atoms with E-state index in [0.29, 0.717) is 12.6 Å². The monoisotopic (exact) mass is 290 g/mol. The SMILES string of the molecule is Cc1cc(N2CC(O)CC2C)c2cc(Cl)cc(C)c2n1. The molecule has 0 spiro atoms. The highest BCUT2D eigenvalue weighted by atomic mass is 35.5. The van der Waals surface area contributed by atoms with Gasteiger partial charge in [0.05, 0.1) is 11.6 Å². The van der Waals surface area contributed by atoms with Crippen LogP contribution >= 0.6 is 11.6 Å². The van der Waals surface area contributed by atoms with Crippen molar-refractivity contribution in [1.29, 1.82) is 0 Å². The zero-order valence-electron chi connectivity index (χ0n) is 12.0. The number of rotatable bonds is 1. The van der Waals surface area contributed by atoms with Gasteiger partial charge in [-0.25, -0.2) is 0 Å². The number of fused-ring (bicyclic) bond motifs is 1. The van der Waals surface area contributed by atoms with Gasteiger partial charge in [0.15, 0.2) is 0 Å². The second-order valence-electron chi connectivity index (χ2n) is 5.79. The number of pyridine rings is 1. The van der Waals surface area contributed by atoms with Gasteiger partial charge >= 0.3 is 0 Å². The Morgan fingerprint density at radius 3 is 2.70 bits per heavy atom. The van der Waals surface area contributed by atoms with Gasteiger partial charge in [-0.05, 0) is 51.0 Å². The molecule has 20 heavy (non-hydrogen) atoms. The highest BCUT2D eigenvalue weighted by Crippen LogP contribution is 2.35. The molecular formula is C16H19ClN2O. The Balaban J connectivity index is 2.24. The largest absolute Gasteiger partial charge is 0.391 e. The van der Waals surface area contributed by atoms with Gasteiger partial charge in [0.2, 0.25) is 0 Å². The van der Waals surface area contributed by atoms with Gasteiger partial charge in [0.1, 0.15) is 0 Å². The summed E-state index contributed by atoms with van der Waals surface area (Å²) in [6, 6.07) is 6.34. The van der Waals surface area contributed by atoms with Crippen LogP contribution in [0.15, 0.2) is 18.2 Å². The molecule has 0 aliphatic carbocycles. The van der Waals surface area contributed by atoms with Crippen LogP contribution in [-0.4, -0.2) is 28.8 Å². The molecule has 1 fully saturated rings. The summed E-state index contributed by atoms with van der Waals surface area (Å²) in [5, 5.41) is 11.7. The minimum atomic E-state index is -0.256. The molecular weight excluding hydrogens is 272 g/mol. The Kier molecular flexibility index (Phi) is 3.35. The third kappa shape index (κ3) is 2.25. The first-order valence-corrected chi connectivity index (χ1v) is 7.35. The molecule has 1 N–H and O–H groups in total. The molecule has 4 heteroatoms. The number of benzene rings is 1. The minimum absolute atomic E-state index is 0.256. The number of aliphatic hydroxyl groups excluding tert-OH is 1. The lowest BCUT2D eigenvalue weighted by molar-refractivity contribution is 0.195. The van der Waals surface area contributed by atoms with Crippen LogP contribution in [0.4, 0.5) is 5.69 Å². The maximum atomic E-state index is 9.90. The van der Waals surface area contributed by atoms with Crippen LogP contribution in [0.3, 0.4) is 0 Å². The number of nitrogens with zero attached hydrogens (tertiary/aromatic N) is 2. The van der Waals surface area contributed by atoms with E-state index < -0.39 is 0 Å². The lowest BCUT2D eigenvalue weighted by Crippen LogP contribution is -2.27. The Labute approximate surface area is 124 Å². The van der Waals surface area contributed by atoms with Crippen LogP contribution < -0.4 is 4.90 Å². The molecule has 3 nitrogen and oxygen atoms in total. The summed E-state index contributed by atoms with van der Waals surface area (Å²) in [6.45, 7) is 6.86. The number of anilines is 1. The minimum Gasteiger partial charge on any atom is -0.391 e. The number of halogens is 1. The van der Waals surface area contributed by atoms with Crippen LogP contribution in [-0.2, 0) is 0 Å². The normalized spacial score (nSPS) is 22.8. The van der Waals surface area contributed by atoms with E-state index in [9.17, 15) is 5.11 Å². The Bertz CT molecular complexity index is 671. The van der Waals surface area contributed by atoms with E-state index in [-0.39, 0.29) is 6.10 Å². The average Bonchev–Trinajstić information content (AvgIpc) is 2.68. The predicted molar refractivity (Wildman–Crippen MR) is 83.7 cm³/mol. The van der Waals surface area contributed by atoms with Crippen LogP contribution in [0, 0.1) is 13.8 Å². The van der Waals surface area contributed by atoms with Crippen molar-refractivity contribution in [1.82, 2.24) is 4.98 Å². The topological polar surface area (TPSA) is 36.4 Å². The van der Waals surface area contributed by atoms with Crippen LogP contribution in [0.2, 0.25) is 5.02 Å². The van der Waals surface area contributed by atoms with Gasteiger partial charge in [0, 0.05) is 34.4 Å². The first-order chi connectivity index (χ1) is 9.45. The summed E-state index contributed by atoms with van der Waals surface area (Å²) >= 11 is 6.21. The number of hydrogen-bond donors (Lipinski definition) is 1. The lowest BCUT2D eigenvalue weighted by atomic mass is 10.1. The second kappa shape index (κ2) is 4.90. The van der Waals surface area contributed by atoms with Crippen molar-refractivity contribution in [3.05, 3.63) is 34.5 Å². The molecule has 0 saturated carbocycles. The molecule has 3 rings (SSSR count). The first kappa shape index (κ1) is 13.7. The highest BCUT2D eigenvalue weighted by molar-refractivity contribution is 6.31. The molecule has 2 atom stereocenters. The molecule has 2 aromatic rings. The smallest absolute Gasteiger partial charge is 0.0756 e. The van der Waals surface area contributed by atoms with Gasteiger partial charge in [-0.1, -0.05) is 11.6 Å². The number of hydrogen-bond acceptors (Lipinski definition) is 3. The van der Waals surface area contributed by atoms with Crippen molar-refractivity contribution in [3.63, 3.8) is 0 Å². The van der Waals surface area contributed by atoms with Gasteiger partial charge in [0.25, 0.3) is 0 Å². The number of aromatic nitrogens is 1. The Morgan fingerprint density at radius 1 is 1.30 bits per heavy atom. The summed E-state index contributed by atoms with van der Waals surface area (Å²) < 4.78 is 0. The van der Waals surface area contributed by atoms with E-state index in [4.69, 9.17) is 11.6 Å². The van der Waals surface area contributed by atoms with Crippen molar-refractivity contribution in [2.75, 3.05) is 11.4 Å². The van der Waals surface area contributed by atoms with E-state index in [1.54, 1.807) is 0 Å². The van der Waals surface area contributed by atoms with Crippen molar-refractivity contribution >= 4 is 28.2 Å². The quantitative estimate of drug-likeness (QED) is 0.874. The van der Waals surface area contributed by atoms with E-state index in [0.717, 1.165) is 39.3 Å². The van der Waals surface area contributed by atoms with E-state index in [1.807, 2.05) is 26.0 Å². The maximum absolute atomic E-state index is 9.90. The van der Waals surface area contributed by atoms with E-state index >= 15 is 0 Å². The third-order valence-electron chi connectivity index (χ3n) is 4.04. The lowest BCUT2D eigenvalue weighted by Gasteiger charge is -2.25. The fourth-order valence-corrected chi connectivity index (χ4v) is 3.41. The Morgan fingerprint density at radius 2 is 2.05 bits per heavy atom. The van der Waals surface area contributed by atoms with Crippen molar-refractivity contribution < 1.29 is 5.11 Å². The van der Waals surface area contributed by atoms with Crippen LogP contribution in [0.25, 0.3) is 10.9 Å². The number of aliphatic hydroxyl groups is 1. The van der Waals surface area contributed by atoms with Gasteiger partial charge in [-0.2, -0.15) is 0 Å². The molecule has 2 heterocycles. The summed E-state index contributed by atoms with van der Waals surface area (Å²) in [5.41, 5.74) is 4.21.